The van der Waals surface area contributed by atoms with Gasteiger partial charge in [0.05, 0.1) is 4.90 Å². The van der Waals surface area contributed by atoms with Crippen LogP contribution in [0.5, 0.6) is 0 Å². The first-order chi connectivity index (χ1) is 11.8. The van der Waals surface area contributed by atoms with Gasteiger partial charge >= 0.3 is 6.03 Å². The molecule has 2 aromatic rings. The molecule has 2 aromatic carbocycles. The molecular weight excluding hydrogens is 338 g/mol. The van der Waals surface area contributed by atoms with Crippen LogP contribution in [0.2, 0.25) is 0 Å². The zero-order valence-corrected chi connectivity index (χ0v) is 15.3. The van der Waals surface area contributed by atoms with Crippen molar-refractivity contribution in [2.45, 2.75) is 25.2 Å². The van der Waals surface area contributed by atoms with Gasteiger partial charge in [-0.05, 0) is 67.3 Å². The summed E-state index contributed by atoms with van der Waals surface area (Å²) in [5.74, 6) is 0. The van der Waals surface area contributed by atoms with Crippen LogP contribution in [0.25, 0.3) is 0 Å². The highest BCUT2D eigenvalue weighted by Gasteiger charge is 2.24. The van der Waals surface area contributed by atoms with Gasteiger partial charge in [-0.1, -0.05) is 6.07 Å². The Balaban J connectivity index is 1.88. The van der Waals surface area contributed by atoms with Crippen molar-refractivity contribution in [1.29, 1.82) is 0 Å². The zero-order chi connectivity index (χ0) is 18.2. The SMILES string of the molecule is CNC(=O)N1CCc2cc(NS(=O)(=O)c3cc(C)cc(C)c3)ccc21. The molecule has 0 bridgehead atoms. The maximum atomic E-state index is 12.6. The van der Waals surface area contributed by atoms with E-state index in [2.05, 4.69) is 10.0 Å². The number of rotatable bonds is 3. The predicted octanol–water partition coefficient (Wildman–Crippen LogP) is 2.81. The number of carbonyl (C=O) groups is 1. The number of aryl methyl sites for hydroxylation is 2. The topological polar surface area (TPSA) is 78.5 Å². The van der Waals surface area contributed by atoms with Gasteiger partial charge < -0.3 is 5.32 Å². The number of fused-ring (bicyclic) bond motifs is 1. The molecule has 3 rings (SSSR count). The highest BCUT2D eigenvalue weighted by atomic mass is 32.2. The van der Waals surface area contributed by atoms with Gasteiger partial charge in [-0.3, -0.25) is 9.62 Å². The molecular formula is C18H21N3O3S. The Kier molecular flexibility index (Phi) is 4.43. The molecule has 0 spiro atoms. The number of hydrogen-bond acceptors (Lipinski definition) is 3. The predicted molar refractivity (Wildman–Crippen MR) is 98.7 cm³/mol. The van der Waals surface area contributed by atoms with Gasteiger partial charge in [0.25, 0.3) is 10.0 Å². The smallest absolute Gasteiger partial charge is 0.321 e. The van der Waals surface area contributed by atoms with Crippen LogP contribution in [-0.2, 0) is 16.4 Å². The van der Waals surface area contributed by atoms with Crippen LogP contribution in [0.1, 0.15) is 16.7 Å². The molecule has 0 saturated heterocycles. The minimum Gasteiger partial charge on any atom is -0.341 e. The van der Waals surface area contributed by atoms with Crippen LogP contribution in [-0.4, -0.2) is 28.0 Å². The molecule has 0 radical (unpaired) electrons. The van der Waals surface area contributed by atoms with Gasteiger partial charge in [-0.15, -0.1) is 0 Å². The molecule has 0 unspecified atom stereocenters. The Morgan fingerprint density at radius 2 is 1.76 bits per heavy atom. The highest BCUT2D eigenvalue weighted by Crippen LogP contribution is 2.31. The number of benzene rings is 2. The molecule has 0 atom stereocenters. The number of sulfonamides is 1. The highest BCUT2D eigenvalue weighted by molar-refractivity contribution is 7.92. The Bertz CT molecular complexity index is 918. The maximum absolute atomic E-state index is 12.6. The third kappa shape index (κ3) is 3.46. The molecule has 2 amide bonds. The van der Waals surface area contributed by atoms with E-state index < -0.39 is 10.0 Å². The summed E-state index contributed by atoms with van der Waals surface area (Å²) in [5, 5.41) is 2.61. The van der Waals surface area contributed by atoms with Crippen molar-refractivity contribution in [2.75, 3.05) is 23.2 Å². The van der Waals surface area contributed by atoms with Crippen molar-refractivity contribution in [3.05, 3.63) is 53.1 Å². The summed E-state index contributed by atoms with van der Waals surface area (Å²) in [6.45, 7) is 4.33. The van der Waals surface area contributed by atoms with Crippen LogP contribution in [0.3, 0.4) is 0 Å². The van der Waals surface area contributed by atoms with E-state index in [4.69, 9.17) is 0 Å². The minimum absolute atomic E-state index is 0.165. The third-order valence-electron chi connectivity index (χ3n) is 4.19. The molecule has 1 aliphatic heterocycles. The summed E-state index contributed by atoms with van der Waals surface area (Å²) < 4.78 is 27.9. The summed E-state index contributed by atoms with van der Waals surface area (Å²) >= 11 is 0. The second kappa shape index (κ2) is 6.40. The Morgan fingerprint density at radius 3 is 2.40 bits per heavy atom. The Labute approximate surface area is 147 Å². The molecule has 0 saturated carbocycles. The van der Waals surface area contributed by atoms with Crippen LogP contribution < -0.4 is 14.9 Å². The van der Waals surface area contributed by atoms with Gasteiger partial charge in [-0.25, -0.2) is 13.2 Å². The zero-order valence-electron chi connectivity index (χ0n) is 14.5. The van der Waals surface area contributed by atoms with E-state index in [-0.39, 0.29) is 10.9 Å². The summed E-state index contributed by atoms with van der Waals surface area (Å²) in [6.07, 6.45) is 0.696. The fourth-order valence-corrected chi connectivity index (χ4v) is 4.35. The monoisotopic (exact) mass is 359 g/mol. The lowest BCUT2D eigenvalue weighted by Gasteiger charge is -2.17. The summed E-state index contributed by atoms with van der Waals surface area (Å²) in [6, 6.07) is 10.3. The summed E-state index contributed by atoms with van der Waals surface area (Å²) in [7, 11) is -2.06. The number of urea groups is 1. The molecule has 6 nitrogen and oxygen atoms in total. The molecule has 0 aliphatic carbocycles. The van der Waals surface area contributed by atoms with Gasteiger partial charge in [0, 0.05) is 25.0 Å². The van der Waals surface area contributed by atoms with Crippen molar-refractivity contribution in [1.82, 2.24) is 5.32 Å². The van der Waals surface area contributed by atoms with Crippen LogP contribution in [0.15, 0.2) is 41.3 Å². The minimum atomic E-state index is -3.65. The molecule has 1 aliphatic rings. The molecule has 0 fully saturated rings. The van der Waals surface area contributed by atoms with Gasteiger partial charge in [0.15, 0.2) is 0 Å². The molecule has 1 heterocycles. The first kappa shape index (κ1) is 17.3. The van der Waals surface area contributed by atoms with Crippen molar-refractivity contribution in [2.24, 2.45) is 0 Å². The number of amides is 2. The lowest BCUT2D eigenvalue weighted by molar-refractivity contribution is 0.248. The quantitative estimate of drug-likeness (QED) is 0.884. The van der Waals surface area contributed by atoms with Crippen molar-refractivity contribution in [3.8, 4) is 0 Å². The average molecular weight is 359 g/mol. The van der Waals surface area contributed by atoms with E-state index >= 15 is 0 Å². The molecule has 25 heavy (non-hydrogen) atoms. The van der Waals surface area contributed by atoms with E-state index in [1.807, 2.05) is 19.9 Å². The third-order valence-corrected chi connectivity index (χ3v) is 5.55. The summed E-state index contributed by atoms with van der Waals surface area (Å²) in [5.41, 5.74) is 4.06. The molecule has 2 N–H and O–H groups in total. The Hall–Kier alpha value is -2.54. The van der Waals surface area contributed by atoms with Crippen LogP contribution in [0, 0.1) is 13.8 Å². The second-order valence-corrected chi connectivity index (χ2v) is 7.91. The molecule has 132 valence electrons. The number of hydrogen-bond donors (Lipinski definition) is 2. The van der Waals surface area contributed by atoms with E-state index in [0.29, 0.717) is 18.7 Å². The van der Waals surface area contributed by atoms with E-state index in [1.54, 1.807) is 42.3 Å². The number of carbonyl (C=O) groups excluding carboxylic acids is 1. The van der Waals surface area contributed by atoms with Crippen molar-refractivity contribution in [3.63, 3.8) is 0 Å². The van der Waals surface area contributed by atoms with Gasteiger partial charge in [0.1, 0.15) is 0 Å². The van der Waals surface area contributed by atoms with E-state index in [0.717, 1.165) is 22.4 Å². The van der Waals surface area contributed by atoms with E-state index in [1.165, 1.54) is 0 Å². The van der Waals surface area contributed by atoms with Crippen molar-refractivity contribution < 1.29 is 13.2 Å². The van der Waals surface area contributed by atoms with Crippen molar-refractivity contribution >= 4 is 27.4 Å². The normalized spacial score (nSPS) is 13.5. The fraction of sp³-hybridized carbons (Fsp3) is 0.278. The Morgan fingerprint density at radius 1 is 1.08 bits per heavy atom. The first-order valence-corrected chi connectivity index (χ1v) is 9.52. The fourth-order valence-electron chi connectivity index (χ4n) is 3.11. The van der Waals surface area contributed by atoms with Gasteiger partial charge in [0.2, 0.25) is 0 Å². The lowest BCUT2D eigenvalue weighted by atomic mass is 10.1. The van der Waals surface area contributed by atoms with Crippen LogP contribution >= 0.6 is 0 Å². The molecule has 7 heteroatoms. The second-order valence-electron chi connectivity index (χ2n) is 6.23. The average Bonchev–Trinajstić information content (AvgIpc) is 2.96. The molecule has 0 aromatic heterocycles. The van der Waals surface area contributed by atoms with Crippen LogP contribution in [0.4, 0.5) is 16.2 Å². The number of anilines is 2. The first-order valence-electron chi connectivity index (χ1n) is 8.03. The van der Waals surface area contributed by atoms with E-state index in [9.17, 15) is 13.2 Å². The van der Waals surface area contributed by atoms with Gasteiger partial charge in [-0.2, -0.15) is 0 Å². The maximum Gasteiger partial charge on any atom is 0.321 e. The standard InChI is InChI=1S/C18H21N3O3S/c1-12-8-13(2)10-16(9-12)25(23,24)20-15-4-5-17-14(11-15)6-7-21(17)18(22)19-3/h4-5,8-11,20H,6-7H2,1-3H3,(H,19,22). The lowest BCUT2D eigenvalue weighted by Crippen LogP contribution is -2.36. The summed E-state index contributed by atoms with van der Waals surface area (Å²) in [4.78, 5) is 13.7. The number of nitrogens with zero attached hydrogens (tertiary/aromatic N) is 1. The number of nitrogens with one attached hydrogen (secondary N) is 2. The largest absolute Gasteiger partial charge is 0.341 e.